The van der Waals surface area contributed by atoms with Crippen LogP contribution in [0.5, 0.6) is 0 Å². The van der Waals surface area contributed by atoms with Crippen molar-refractivity contribution in [2.75, 3.05) is 4.90 Å². The van der Waals surface area contributed by atoms with Gasteiger partial charge in [0, 0.05) is 11.7 Å². The molecule has 25 heavy (non-hydrogen) atoms. The van der Waals surface area contributed by atoms with Crippen LogP contribution in [-0.2, 0) is 9.59 Å². The molecular formula is C21H28N2O2. The third-order valence-corrected chi connectivity index (χ3v) is 5.86. The van der Waals surface area contributed by atoms with Crippen molar-refractivity contribution in [3.63, 3.8) is 0 Å². The number of nitrogens with two attached hydrogens (primary N) is 1. The van der Waals surface area contributed by atoms with E-state index in [-0.39, 0.29) is 41.0 Å². The molecule has 0 unspecified atom stereocenters. The molecule has 2 amide bonds. The number of fused-ring (bicyclic) bond motifs is 1. The predicted molar refractivity (Wildman–Crippen MR) is 100 cm³/mol. The molecule has 1 aliphatic carbocycles. The van der Waals surface area contributed by atoms with Gasteiger partial charge in [0.1, 0.15) is 0 Å². The summed E-state index contributed by atoms with van der Waals surface area (Å²) in [7, 11) is 0. The lowest BCUT2D eigenvalue weighted by Crippen LogP contribution is -2.46. The molecule has 2 aliphatic rings. The van der Waals surface area contributed by atoms with Crippen LogP contribution in [0, 0.1) is 17.3 Å². The van der Waals surface area contributed by atoms with Crippen LogP contribution in [0.4, 0.5) is 5.69 Å². The van der Waals surface area contributed by atoms with Crippen molar-refractivity contribution in [3.05, 3.63) is 41.5 Å². The van der Waals surface area contributed by atoms with Gasteiger partial charge in [-0.25, -0.2) is 0 Å². The Morgan fingerprint density at radius 1 is 1.24 bits per heavy atom. The molecule has 3 rings (SSSR count). The Kier molecular flexibility index (Phi) is 4.26. The number of hydrogen-bond acceptors (Lipinski definition) is 2. The Bertz CT molecular complexity index is 746. The Hall–Kier alpha value is -2.10. The number of nitrogens with zero attached hydrogens (tertiary/aromatic N) is 1. The van der Waals surface area contributed by atoms with E-state index in [1.807, 2.05) is 36.1 Å². The minimum absolute atomic E-state index is 0.0111. The number of amides is 2. The summed E-state index contributed by atoms with van der Waals surface area (Å²) in [6, 6.07) is 7.64. The molecule has 0 spiro atoms. The van der Waals surface area contributed by atoms with Gasteiger partial charge in [0.25, 0.3) is 0 Å². The number of rotatable bonds is 3. The van der Waals surface area contributed by atoms with E-state index in [0.29, 0.717) is 6.42 Å². The van der Waals surface area contributed by atoms with E-state index in [2.05, 4.69) is 33.8 Å². The first kappa shape index (κ1) is 17.7. The second-order valence-electron chi connectivity index (χ2n) is 8.38. The number of hydrogen-bond donors (Lipinski definition) is 1. The van der Waals surface area contributed by atoms with Crippen LogP contribution in [0.15, 0.2) is 35.9 Å². The number of primary amides is 1. The van der Waals surface area contributed by atoms with Crippen molar-refractivity contribution < 1.29 is 9.59 Å². The first-order valence-electron chi connectivity index (χ1n) is 9.02. The van der Waals surface area contributed by atoms with Crippen molar-refractivity contribution in [1.82, 2.24) is 0 Å². The fourth-order valence-corrected chi connectivity index (χ4v) is 4.39. The maximum absolute atomic E-state index is 13.4. The highest BCUT2D eigenvalue weighted by Crippen LogP contribution is 2.60. The fraction of sp³-hybridized carbons (Fsp3) is 0.524. The number of para-hydroxylation sites is 1. The van der Waals surface area contributed by atoms with E-state index < -0.39 is 0 Å². The standard InChI is InChI=1S/C21H28N2O2/c1-12(2)10-16-18(21(16,4)5)20(25)23-13(3)11-15(19(22)24)14-8-6-7-9-17(14)23/h6-10,13,15-16,18H,11H2,1-5H3,(H2,22,24)/t13-,15-,16+,18+/m0/s1. The average molecular weight is 340 g/mol. The summed E-state index contributed by atoms with van der Waals surface area (Å²) in [6.07, 6.45) is 2.80. The Labute approximate surface area is 150 Å². The number of carbonyl (C=O) groups is 2. The van der Waals surface area contributed by atoms with E-state index in [9.17, 15) is 9.59 Å². The molecule has 1 saturated carbocycles. The summed E-state index contributed by atoms with van der Waals surface area (Å²) in [5.41, 5.74) is 8.54. The molecule has 1 aliphatic heterocycles. The highest BCUT2D eigenvalue weighted by Gasteiger charge is 2.62. The van der Waals surface area contributed by atoms with E-state index in [0.717, 1.165) is 11.3 Å². The summed E-state index contributed by atoms with van der Waals surface area (Å²) in [6.45, 7) is 10.5. The van der Waals surface area contributed by atoms with Crippen molar-refractivity contribution in [2.45, 2.75) is 53.0 Å². The van der Waals surface area contributed by atoms with Gasteiger partial charge in [-0.3, -0.25) is 9.59 Å². The second kappa shape index (κ2) is 6.01. The van der Waals surface area contributed by atoms with Crippen LogP contribution < -0.4 is 10.6 Å². The smallest absolute Gasteiger partial charge is 0.231 e. The van der Waals surface area contributed by atoms with Crippen LogP contribution >= 0.6 is 0 Å². The van der Waals surface area contributed by atoms with Crippen molar-refractivity contribution in [3.8, 4) is 0 Å². The number of carbonyl (C=O) groups excluding carboxylic acids is 2. The second-order valence-corrected chi connectivity index (χ2v) is 8.38. The molecule has 0 saturated heterocycles. The first-order valence-corrected chi connectivity index (χ1v) is 9.02. The molecular weight excluding hydrogens is 312 g/mol. The minimum Gasteiger partial charge on any atom is -0.369 e. The number of benzene rings is 1. The van der Waals surface area contributed by atoms with Gasteiger partial charge in [-0.1, -0.05) is 43.7 Å². The fourth-order valence-electron chi connectivity index (χ4n) is 4.39. The van der Waals surface area contributed by atoms with Crippen LogP contribution in [0.1, 0.15) is 52.5 Å². The first-order chi connectivity index (χ1) is 11.7. The molecule has 134 valence electrons. The third-order valence-electron chi connectivity index (χ3n) is 5.86. The Balaban J connectivity index is 1.97. The van der Waals surface area contributed by atoms with Gasteiger partial charge >= 0.3 is 0 Å². The SMILES string of the molecule is CC(C)=C[C@@H]1[C@H](C(=O)N2c3ccccc3[C@@H](C(N)=O)C[C@@H]2C)C1(C)C. The minimum atomic E-state index is -0.323. The molecule has 4 heteroatoms. The van der Waals surface area contributed by atoms with E-state index in [4.69, 9.17) is 5.73 Å². The molecule has 0 aromatic heterocycles. The third kappa shape index (κ3) is 2.88. The molecule has 1 fully saturated rings. The van der Waals surface area contributed by atoms with Gasteiger partial charge < -0.3 is 10.6 Å². The van der Waals surface area contributed by atoms with Crippen LogP contribution in [0.3, 0.4) is 0 Å². The van der Waals surface area contributed by atoms with E-state index in [1.54, 1.807) is 0 Å². The van der Waals surface area contributed by atoms with Crippen LogP contribution in [0.2, 0.25) is 0 Å². The van der Waals surface area contributed by atoms with Gasteiger partial charge in [-0.15, -0.1) is 0 Å². The van der Waals surface area contributed by atoms with Crippen LogP contribution in [0.25, 0.3) is 0 Å². The van der Waals surface area contributed by atoms with Gasteiger partial charge in [0.15, 0.2) is 0 Å². The maximum Gasteiger partial charge on any atom is 0.231 e. The van der Waals surface area contributed by atoms with Crippen molar-refractivity contribution in [2.24, 2.45) is 23.0 Å². The summed E-state index contributed by atoms with van der Waals surface area (Å²) >= 11 is 0. The average Bonchev–Trinajstić information content (AvgIpc) is 3.05. The highest BCUT2D eigenvalue weighted by molar-refractivity contribution is 6.01. The molecule has 0 radical (unpaired) electrons. The monoisotopic (exact) mass is 340 g/mol. The molecule has 1 heterocycles. The predicted octanol–water partition coefficient (Wildman–Crippen LogP) is 3.62. The topological polar surface area (TPSA) is 63.4 Å². The molecule has 0 bridgehead atoms. The summed E-state index contributed by atoms with van der Waals surface area (Å²) in [4.78, 5) is 27.2. The maximum atomic E-state index is 13.4. The largest absolute Gasteiger partial charge is 0.369 e. The molecule has 2 N–H and O–H groups in total. The lowest BCUT2D eigenvalue weighted by atomic mass is 9.85. The van der Waals surface area contributed by atoms with Crippen LogP contribution in [-0.4, -0.2) is 17.9 Å². The zero-order valence-electron chi connectivity index (χ0n) is 15.7. The Morgan fingerprint density at radius 3 is 2.48 bits per heavy atom. The Morgan fingerprint density at radius 2 is 1.88 bits per heavy atom. The van der Waals surface area contributed by atoms with Gasteiger partial charge in [-0.05, 0) is 50.2 Å². The number of anilines is 1. The normalized spacial score (nSPS) is 29.6. The summed E-state index contributed by atoms with van der Waals surface area (Å²) in [5, 5.41) is 0. The molecule has 1 aromatic rings. The lowest BCUT2D eigenvalue weighted by Gasteiger charge is -2.38. The van der Waals surface area contributed by atoms with E-state index >= 15 is 0 Å². The van der Waals surface area contributed by atoms with E-state index in [1.165, 1.54) is 5.57 Å². The highest BCUT2D eigenvalue weighted by atomic mass is 16.2. The summed E-state index contributed by atoms with van der Waals surface area (Å²) in [5.74, 6) is -0.215. The van der Waals surface area contributed by atoms with Gasteiger partial charge in [0.05, 0.1) is 11.8 Å². The quantitative estimate of drug-likeness (QED) is 0.854. The molecule has 4 atom stereocenters. The zero-order chi connectivity index (χ0) is 18.5. The lowest BCUT2D eigenvalue weighted by molar-refractivity contribution is -0.123. The number of allylic oxidation sites excluding steroid dienone is 2. The summed E-state index contributed by atoms with van der Waals surface area (Å²) < 4.78 is 0. The van der Waals surface area contributed by atoms with Gasteiger partial charge in [0.2, 0.25) is 11.8 Å². The molecule has 1 aromatic carbocycles. The van der Waals surface area contributed by atoms with Crippen molar-refractivity contribution in [1.29, 1.82) is 0 Å². The zero-order valence-corrected chi connectivity index (χ0v) is 15.7. The molecule has 4 nitrogen and oxygen atoms in total. The van der Waals surface area contributed by atoms with Crippen molar-refractivity contribution >= 4 is 17.5 Å². The van der Waals surface area contributed by atoms with Gasteiger partial charge in [-0.2, -0.15) is 0 Å².